The second-order valence-electron chi connectivity index (χ2n) is 7.07. The van der Waals surface area contributed by atoms with Crippen molar-refractivity contribution in [1.29, 1.82) is 0 Å². The standard InChI is InChI=1S/C25H23N3O6/c1-30-17-9-7-8-16(14-17)26-24(29)18-10-5-6-11-19(18)25-27-23(28-34-25)15-12-20(31-2)22(33-4)21(13-15)32-3/h5-14H,1-4H3,(H,26,29). The van der Waals surface area contributed by atoms with E-state index in [1.165, 1.54) is 21.3 Å². The molecule has 4 aromatic rings. The Morgan fingerprint density at radius 1 is 0.853 bits per heavy atom. The fourth-order valence-corrected chi connectivity index (χ4v) is 3.43. The number of ether oxygens (including phenoxy) is 4. The van der Waals surface area contributed by atoms with Crippen molar-refractivity contribution in [3.8, 4) is 45.8 Å². The molecule has 1 aromatic heterocycles. The number of nitrogens with one attached hydrogen (secondary N) is 1. The van der Waals surface area contributed by atoms with E-state index in [0.717, 1.165) is 0 Å². The van der Waals surface area contributed by atoms with Crippen LogP contribution in [0.5, 0.6) is 23.0 Å². The first-order chi connectivity index (χ1) is 16.6. The van der Waals surface area contributed by atoms with E-state index in [0.29, 0.717) is 51.2 Å². The molecular weight excluding hydrogens is 438 g/mol. The first-order valence-electron chi connectivity index (χ1n) is 10.3. The molecule has 9 nitrogen and oxygen atoms in total. The van der Waals surface area contributed by atoms with Crippen molar-refractivity contribution in [2.75, 3.05) is 33.8 Å². The molecule has 174 valence electrons. The maximum absolute atomic E-state index is 13.0. The molecule has 0 saturated heterocycles. The Kier molecular flexibility index (Phi) is 6.63. The van der Waals surface area contributed by atoms with Crippen LogP contribution in [0.1, 0.15) is 10.4 Å². The van der Waals surface area contributed by atoms with Crippen LogP contribution in [0.3, 0.4) is 0 Å². The number of nitrogens with zero attached hydrogens (tertiary/aromatic N) is 2. The summed E-state index contributed by atoms with van der Waals surface area (Å²) in [6.45, 7) is 0. The summed E-state index contributed by atoms with van der Waals surface area (Å²) in [5, 5.41) is 6.96. The Bertz CT molecular complexity index is 1290. The number of anilines is 1. The number of carbonyl (C=O) groups is 1. The molecule has 4 rings (SSSR count). The molecule has 3 aromatic carbocycles. The lowest BCUT2D eigenvalue weighted by atomic mass is 10.1. The minimum Gasteiger partial charge on any atom is -0.497 e. The molecule has 0 saturated carbocycles. The Hall–Kier alpha value is -4.53. The van der Waals surface area contributed by atoms with Crippen molar-refractivity contribution in [3.05, 3.63) is 66.2 Å². The molecule has 9 heteroatoms. The van der Waals surface area contributed by atoms with Gasteiger partial charge in [-0.15, -0.1) is 0 Å². The summed E-state index contributed by atoms with van der Waals surface area (Å²) in [6.07, 6.45) is 0. The van der Waals surface area contributed by atoms with Gasteiger partial charge in [-0.05, 0) is 36.4 Å². The maximum atomic E-state index is 13.0. The van der Waals surface area contributed by atoms with Gasteiger partial charge in [0.1, 0.15) is 5.75 Å². The second-order valence-corrected chi connectivity index (χ2v) is 7.07. The minimum absolute atomic E-state index is 0.195. The van der Waals surface area contributed by atoms with E-state index >= 15 is 0 Å². The van der Waals surface area contributed by atoms with Crippen molar-refractivity contribution in [2.45, 2.75) is 0 Å². The lowest BCUT2D eigenvalue weighted by Gasteiger charge is -2.12. The highest BCUT2D eigenvalue weighted by Crippen LogP contribution is 2.41. The van der Waals surface area contributed by atoms with Gasteiger partial charge in [-0.25, -0.2) is 0 Å². The summed E-state index contributed by atoms with van der Waals surface area (Å²) in [7, 11) is 6.15. The second kappa shape index (κ2) is 9.95. The van der Waals surface area contributed by atoms with E-state index in [2.05, 4.69) is 15.5 Å². The number of aromatic nitrogens is 2. The van der Waals surface area contributed by atoms with Crippen LogP contribution in [0.2, 0.25) is 0 Å². The first kappa shape index (κ1) is 22.7. The van der Waals surface area contributed by atoms with Crippen LogP contribution in [0.15, 0.2) is 65.2 Å². The fraction of sp³-hybridized carbons (Fsp3) is 0.160. The average molecular weight is 461 g/mol. The predicted octanol–water partition coefficient (Wildman–Crippen LogP) is 4.69. The van der Waals surface area contributed by atoms with Crippen LogP contribution in [0.25, 0.3) is 22.8 Å². The molecule has 1 N–H and O–H groups in total. The van der Waals surface area contributed by atoms with Crippen molar-refractivity contribution in [3.63, 3.8) is 0 Å². The molecule has 0 bridgehead atoms. The highest BCUT2D eigenvalue weighted by molar-refractivity contribution is 6.08. The van der Waals surface area contributed by atoms with Crippen LogP contribution < -0.4 is 24.3 Å². The van der Waals surface area contributed by atoms with Gasteiger partial charge in [0.05, 0.1) is 39.6 Å². The number of hydrogen-bond donors (Lipinski definition) is 1. The fourth-order valence-electron chi connectivity index (χ4n) is 3.43. The number of rotatable bonds is 8. The number of benzene rings is 3. The average Bonchev–Trinajstić information content (AvgIpc) is 3.38. The molecular formula is C25H23N3O6. The monoisotopic (exact) mass is 461 g/mol. The van der Waals surface area contributed by atoms with Crippen molar-refractivity contribution in [1.82, 2.24) is 10.1 Å². The zero-order valence-corrected chi connectivity index (χ0v) is 19.1. The smallest absolute Gasteiger partial charge is 0.259 e. The highest BCUT2D eigenvalue weighted by atomic mass is 16.5. The van der Waals surface area contributed by atoms with Gasteiger partial charge in [0.2, 0.25) is 11.6 Å². The SMILES string of the molecule is COc1cccc(NC(=O)c2ccccc2-c2nc(-c3cc(OC)c(OC)c(OC)c3)no2)c1. The Balaban J connectivity index is 1.67. The van der Waals surface area contributed by atoms with E-state index in [1.807, 2.05) is 0 Å². The van der Waals surface area contributed by atoms with Crippen LogP contribution in [0, 0.1) is 0 Å². The third kappa shape index (κ3) is 4.49. The summed E-state index contributed by atoms with van der Waals surface area (Å²) in [5.74, 6) is 2.19. The molecule has 0 fully saturated rings. The summed E-state index contributed by atoms with van der Waals surface area (Å²) in [6, 6.07) is 17.5. The Morgan fingerprint density at radius 2 is 1.59 bits per heavy atom. The van der Waals surface area contributed by atoms with Gasteiger partial charge in [-0.3, -0.25) is 4.79 Å². The third-order valence-electron chi connectivity index (χ3n) is 5.08. The molecule has 0 unspecified atom stereocenters. The van der Waals surface area contributed by atoms with E-state index in [-0.39, 0.29) is 11.8 Å². The number of carbonyl (C=O) groups excluding carboxylic acids is 1. The molecule has 1 heterocycles. The summed E-state index contributed by atoms with van der Waals surface area (Å²) in [5.41, 5.74) is 2.07. The molecule has 0 radical (unpaired) electrons. The van der Waals surface area contributed by atoms with Gasteiger partial charge in [0, 0.05) is 17.3 Å². The highest BCUT2D eigenvalue weighted by Gasteiger charge is 2.21. The van der Waals surface area contributed by atoms with Gasteiger partial charge < -0.3 is 28.8 Å². The molecule has 0 aliphatic rings. The van der Waals surface area contributed by atoms with E-state index in [9.17, 15) is 4.79 Å². The summed E-state index contributed by atoms with van der Waals surface area (Å²) in [4.78, 5) is 17.5. The van der Waals surface area contributed by atoms with Gasteiger partial charge in [-0.1, -0.05) is 23.4 Å². The predicted molar refractivity (Wildman–Crippen MR) is 126 cm³/mol. The van der Waals surface area contributed by atoms with E-state index in [4.69, 9.17) is 23.5 Å². The molecule has 0 spiro atoms. The normalized spacial score (nSPS) is 10.5. The minimum atomic E-state index is -0.323. The lowest BCUT2D eigenvalue weighted by Crippen LogP contribution is -2.13. The number of methoxy groups -OCH3 is 4. The van der Waals surface area contributed by atoms with Crippen LogP contribution in [0.4, 0.5) is 5.69 Å². The molecule has 0 aliphatic heterocycles. The topological polar surface area (TPSA) is 105 Å². The van der Waals surface area contributed by atoms with Crippen LogP contribution in [-0.4, -0.2) is 44.5 Å². The number of hydrogen-bond acceptors (Lipinski definition) is 8. The maximum Gasteiger partial charge on any atom is 0.259 e. The zero-order valence-electron chi connectivity index (χ0n) is 19.1. The van der Waals surface area contributed by atoms with Crippen molar-refractivity contribution < 1.29 is 28.3 Å². The lowest BCUT2D eigenvalue weighted by molar-refractivity contribution is 0.102. The van der Waals surface area contributed by atoms with Crippen LogP contribution >= 0.6 is 0 Å². The summed E-state index contributed by atoms with van der Waals surface area (Å²) < 4.78 is 26.9. The van der Waals surface area contributed by atoms with Crippen molar-refractivity contribution >= 4 is 11.6 Å². The largest absolute Gasteiger partial charge is 0.497 e. The molecule has 1 amide bonds. The van der Waals surface area contributed by atoms with E-state index in [1.54, 1.807) is 67.8 Å². The van der Waals surface area contributed by atoms with Gasteiger partial charge in [0.25, 0.3) is 11.8 Å². The van der Waals surface area contributed by atoms with Gasteiger partial charge >= 0.3 is 0 Å². The van der Waals surface area contributed by atoms with Gasteiger partial charge in [0.15, 0.2) is 11.5 Å². The molecule has 0 aliphatic carbocycles. The number of amides is 1. The molecule has 0 atom stereocenters. The Labute approximate surface area is 196 Å². The Morgan fingerprint density at radius 3 is 2.26 bits per heavy atom. The quantitative estimate of drug-likeness (QED) is 0.403. The van der Waals surface area contributed by atoms with Gasteiger partial charge in [-0.2, -0.15) is 4.98 Å². The third-order valence-corrected chi connectivity index (χ3v) is 5.08. The van der Waals surface area contributed by atoms with Crippen LogP contribution in [-0.2, 0) is 0 Å². The molecule has 34 heavy (non-hydrogen) atoms. The summed E-state index contributed by atoms with van der Waals surface area (Å²) >= 11 is 0. The van der Waals surface area contributed by atoms with E-state index < -0.39 is 0 Å². The van der Waals surface area contributed by atoms with Crippen molar-refractivity contribution in [2.24, 2.45) is 0 Å². The first-order valence-corrected chi connectivity index (χ1v) is 10.3. The zero-order chi connectivity index (χ0) is 24.1.